The largest absolute Gasteiger partial charge is 0.458 e. The van der Waals surface area contributed by atoms with Crippen LogP contribution in [-0.2, 0) is 9.53 Å². The second-order valence-corrected chi connectivity index (χ2v) is 12.9. The number of aliphatic hydroxyl groups is 2. The van der Waals surface area contributed by atoms with Gasteiger partial charge in [-0.1, -0.05) is 49.4 Å². The molecule has 1 unspecified atom stereocenters. The van der Waals surface area contributed by atoms with E-state index in [1.165, 1.54) is 6.08 Å². The fraction of sp³-hybridized carbons (Fsp3) is 0.621. The van der Waals surface area contributed by atoms with Gasteiger partial charge in [0.2, 0.25) is 0 Å². The van der Waals surface area contributed by atoms with Crippen molar-refractivity contribution >= 4 is 12.0 Å². The van der Waals surface area contributed by atoms with Gasteiger partial charge in [-0.15, -0.1) is 0 Å². The van der Waals surface area contributed by atoms with Crippen molar-refractivity contribution in [3.05, 3.63) is 54.1 Å². The van der Waals surface area contributed by atoms with Crippen LogP contribution in [0.4, 0.5) is 0 Å². The maximum absolute atomic E-state index is 13.1. The Hall–Kier alpha value is -1.95. The molecule has 6 aliphatic carbocycles. The molecule has 2 N–H and O–H groups in total. The van der Waals surface area contributed by atoms with Crippen LogP contribution in [0.2, 0.25) is 0 Å². The summed E-state index contributed by atoms with van der Waals surface area (Å²) in [7, 11) is 0. The van der Waals surface area contributed by atoms with Crippen LogP contribution in [0.5, 0.6) is 0 Å². The van der Waals surface area contributed by atoms with E-state index < -0.39 is 6.10 Å². The zero-order chi connectivity index (χ0) is 23.2. The predicted octanol–water partition coefficient (Wildman–Crippen LogP) is 3.03. The third-order valence-corrected chi connectivity index (χ3v) is 11.6. The smallest absolute Gasteiger partial charge is 0.331 e. The van der Waals surface area contributed by atoms with E-state index >= 15 is 0 Å². The minimum absolute atomic E-state index is 0.0516. The summed E-state index contributed by atoms with van der Waals surface area (Å²) in [5.41, 5.74) is 2.04. The number of hydrogen-bond donors (Lipinski definition) is 2. The lowest BCUT2D eigenvalue weighted by Crippen LogP contribution is -2.68. The van der Waals surface area contributed by atoms with Crippen LogP contribution in [0.1, 0.15) is 38.2 Å². The Bertz CT molecular complexity index is 1150. The molecule has 9 aliphatic rings. The summed E-state index contributed by atoms with van der Waals surface area (Å²) in [4.78, 5) is 15.8. The molecule has 2 spiro atoms. The number of carbonyl (C=O) groups excluding carboxylic acids is 1. The zero-order valence-electron chi connectivity index (χ0n) is 19.6. The van der Waals surface area contributed by atoms with Crippen LogP contribution in [0.25, 0.3) is 6.08 Å². The highest BCUT2D eigenvalue weighted by Gasteiger charge is 2.90. The number of fused-ring (bicyclic) bond motifs is 1. The molecule has 0 radical (unpaired) electrons. The Morgan fingerprint density at radius 1 is 1.18 bits per heavy atom. The molecule has 9 bridgehead atoms. The number of benzene rings is 1. The van der Waals surface area contributed by atoms with Crippen molar-refractivity contribution < 1.29 is 19.7 Å². The SMILES string of the molecule is C=C1C[C@@]23C[C@H]4[C@@H]5[C@]6(C)C[C@H](O)C[C@@]57[C@@H]2[C@@H](O)[C@@H]1[C@H](OC(=O)/C=C/c1ccccc1)[C@@H]3[C@H]7N4C6. The summed E-state index contributed by atoms with van der Waals surface area (Å²) in [5.74, 6) is 0.402. The molecular formula is C29H33NO4. The molecule has 10 rings (SSSR count). The lowest BCUT2D eigenvalue weighted by molar-refractivity contribution is -0.220. The maximum atomic E-state index is 13.1. The summed E-state index contributed by atoms with van der Waals surface area (Å²) in [5, 5.41) is 23.0. The van der Waals surface area contributed by atoms with Crippen LogP contribution in [0.3, 0.4) is 0 Å². The Morgan fingerprint density at radius 3 is 2.76 bits per heavy atom. The van der Waals surface area contributed by atoms with Gasteiger partial charge in [-0.2, -0.15) is 0 Å². The Kier molecular flexibility index (Phi) is 3.61. The quantitative estimate of drug-likeness (QED) is 0.413. The van der Waals surface area contributed by atoms with Crippen molar-refractivity contribution in [2.24, 2.45) is 39.9 Å². The summed E-state index contributed by atoms with van der Waals surface area (Å²) in [6, 6.07) is 10.6. The number of ether oxygens (including phenoxy) is 1. The number of rotatable bonds is 3. The molecule has 3 saturated heterocycles. The molecule has 3 heterocycles. The van der Waals surface area contributed by atoms with Gasteiger partial charge >= 0.3 is 5.97 Å². The van der Waals surface area contributed by atoms with Crippen molar-refractivity contribution in [2.45, 2.75) is 63.0 Å². The van der Waals surface area contributed by atoms with Gasteiger partial charge in [0.15, 0.2) is 0 Å². The highest BCUT2D eigenvalue weighted by Crippen LogP contribution is 2.87. The van der Waals surface area contributed by atoms with Gasteiger partial charge in [0.05, 0.1) is 12.2 Å². The molecule has 1 aromatic rings. The second kappa shape index (κ2) is 6.05. The van der Waals surface area contributed by atoms with Crippen molar-refractivity contribution in [1.29, 1.82) is 0 Å². The molecule has 5 heteroatoms. The Balaban J connectivity index is 1.21. The van der Waals surface area contributed by atoms with Gasteiger partial charge in [-0.3, -0.25) is 4.90 Å². The number of esters is 1. The number of nitrogens with zero attached hydrogens (tertiary/aromatic N) is 1. The van der Waals surface area contributed by atoms with E-state index in [-0.39, 0.29) is 52.2 Å². The minimum Gasteiger partial charge on any atom is -0.458 e. The first kappa shape index (κ1) is 20.3. The number of hydrogen-bond acceptors (Lipinski definition) is 5. The lowest BCUT2D eigenvalue weighted by Gasteiger charge is -2.66. The standard InChI is InChI=1S/C29H33NO4/c1-15-10-28-13-18-24-27(2)11-17(31)12-29(24)25(28)22(33)20(15)23(21(28)26(29)30(18)14-27)34-19(32)9-8-16-6-4-3-5-7-16/h3-9,17-18,20-26,31,33H,1,10-14H2,2H3/b9-8+/t17-,18-,20+,21+,22-,23-,24+,25+,26+,27+,28-,29-/m0/s1. The summed E-state index contributed by atoms with van der Waals surface area (Å²) in [6.45, 7) is 7.81. The van der Waals surface area contributed by atoms with Crippen molar-refractivity contribution in [3.63, 3.8) is 0 Å². The first-order valence-electron chi connectivity index (χ1n) is 13.0. The fourth-order valence-corrected chi connectivity index (χ4v) is 11.7. The van der Waals surface area contributed by atoms with Crippen molar-refractivity contribution in [3.8, 4) is 0 Å². The zero-order valence-corrected chi connectivity index (χ0v) is 19.6. The first-order chi connectivity index (χ1) is 16.3. The molecule has 0 amide bonds. The fourth-order valence-electron chi connectivity index (χ4n) is 11.7. The van der Waals surface area contributed by atoms with Crippen molar-refractivity contribution in [1.82, 2.24) is 4.90 Å². The molecule has 5 nitrogen and oxygen atoms in total. The van der Waals surface area contributed by atoms with E-state index in [1.54, 1.807) is 6.08 Å². The van der Waals surface area contributed by atoms with Crippen LogP contribution >= 0.6 is 0 Å². The van der Waals surface area contributed by atoms with Gasteiger partial charge in [0.25, 0.3) is 0 Å². The van der Waals surface area contributed by atoms with E-state index in [0.717, 1.165) is 43.4 Å². The summed E-state index contributed by atoms with van der Waals surface area (Å²) in [6.07, 6.45) is 5.83. The molecular weight excluding hydrogens is 426 g/mol. The number of aliphatic hydroxyl groups excluding tert-OH is 2. The van der Waals surface area contributed by atoms with E-state index in [2.05, 4.69) is 18.4 Å². The van der Waals surface area contributed by atoms with Gasteiger partial charge in [-0.25, -0.2) is 4.79 Å². The molecule has 13 atom stereocenters. The molecule has 34 heavy (non-hydrogen) atoms. The Morgan fingerprint density at radius 2 is 1.97 bits per heavy atom. The highest BCUT2D eigenvalue weighted by molar-refractivity contribution is 5.87. The first-order valence-corrected chi connectivity index (χ1v) is 13.0. The van der Waals surface area contributed by atoms with Gasteiger partial charge < -0.3 is 14.9 Å². The third-order valence-electron chi connectivity index (χ3n) is 11.6. The average molecular weight is 460 g/mol. The molecule has 1 aromatic carbocycles. The van der Waals surface area contributed by atoms with Crippen LogP contribution in [0.15, 0.2) is 48.6 Å². The van der Waals surface area contributed by atoms with Crippen molar-refractivity contribution in [2.75, 3.05) is 6.54 Å². The topological polar surface area (TPSA) is 70.0 Å². The highest BCUT2D eigenvalue weighted by atomic mass is 16.5. The molecule has 6 saturated carbocycles. The average Bonchev–Trinajstić information content (AvgIpc) is 3.21. The van der Waals surface area contributed by atoms with E-state index in [4.69, 9.17) is 4.74 Å². The molecule has 0 aromatic heterocycles. The van der Waals surface area contributed by atoms with Crippen LogP contribution in [0, 0.1) is 39.9 Å². The molecule has 178 valence electrons. The lowest BCUT2D eigenvalue weighted by atomic mass is 9.39. The Labute approximate surface area is 200 Å². The van der Waals surface area contributed by atoms with Crippen LogP contribution < -0.4 is 0 Å². The number of carbonyl (C=O) groups is 1. The van der Waals surface area contributed by atoms with Crippen LogP contribution in [-0.4, -0.2) is 58.0 Å². The third kappa shape index (κ3) is 2.02. The second-order valence-electron chi connectivity index (χ2n) is 12.9. The predicted molar refractivity (Wildman–Crippen MR) is 126 cm³/mol. The van der Waals surface area contributed by atoms with E-state index in [9.17, 15) is 15.0 Å². The molecule has 3 aliphatic heterocycles. The maximum Gasteiger partial charge on any atom is 0.331 e. The monoisotopic (exact) mass is 459 g/mol. The number of piperidine rings is 2. The van der Waals surface area contributed by atoms with Gasteiger partial charge in [-0.05, 0) is 65.4 Å². The normalized spacial score (nSPS) is 57.1. The van der Waals surface area contributed by atoms with E-state index in [1.807, 2.05) is 30.3 Å². The summed E-state index contributed by atoms with van der Waals surface area (Å²) >= 11 is 0. The van der Waals surface area contributed by atoms with Gasteiger partial charge in [0.1, 0.15) is 6.10 Å². The molecule has 9 fully saturated rings. The van der Waals surface area contributed by atoms with Gasteiger partial charge in [0, 0.05) is 36.5 Å². The minimum atomic E-state index is -0.547. The van der Waals surface area contributed by atoms with E-state index in [0.29, 0.717) is 18.0 Å². The summed E-state index contributed by atoms with van der Waals surface area (Å²) < 4.78 is 6.27.